The molecule has 0 aliphatic carbocycles. The molecule has 0 saturated heterocycles. The lowest BCUT2D eigenvalue weighted by Gasteiger charge is -2.06. The van der Waals surface area contributed by atoms with Gasteiger partial charge in [-0.2, -0.15) is 10.2 Å². The fourth-order valence-electron chi connectivity index (χ4n) is 1.94. The number of aromatic nitrogens is 4. The van der Waals surface area contributed by atoms with Gasteiger partial charge in [0.2, 0.25) is 0 Å². The Morgan fingerprint density at radius 2 is 2.14 bits per heavy atom. The van der Waals surface area contributed by atoms with E-state index < -0.39 is 0 Å². The van der Waals surface area contributed by atoms with Crippen molar-refractivity contribution in [2.75, 3.05) is 10.6 Å². The summed E-state index contributed by atoms with van der Waals surface area (Å²) in [5.41, 5.74) is 2.28. The maximum atomic E-state index is 11.9. The van der Waals surface area contributed by atoms with E-state index in [0.29, 0.717) is 17.4 Å². The van der Waals surface area contributed by atoms with E-state index in [1.807, 2.05) is 24.7 Å². The maximum absolute atomic E-state index is 11.9. The van der Waals surface area contributed by atoms with E-state index in [4.69, 9.17) is 0 Å². The largest absolute Gasteiger partial charge is 0.325 e. The van der Waals surface area contributed by atoms with E-state index in [9.17, 15) is 4.79 Å². The molecule has 2 amide bonds. The Bertz CT molecular complexity index is 593. The van der Waals surface area contributed by atoms with Gasteiger partial charge in [0.15, 0.2) is 5.82 Å². The van der Waals surface area contributed by atoms with Gasteiger partial charge in [0.25, 0.3) is 0 Å². The molecule has 7 nitrogen and oxygen atoms in total. The monoisotopic (exact) mass is 290 g/mol. The number of carbonyl (C=O) groups is 1. The van der Waals surface area contributed by atoms with Crippen molar-refractivity contribution < 1.29 is 4.79 Å². The molecule has 0 bridgehead atoms. The van der Waals surface area contributed by atoms with E-state index in [-0.39, 0.29) is 6.03 Å². The number of aromatic amines is 1. The highest BCUT2D eigenvalue weighted by molar-refractivity contribution is 5.99. The summed E-state index contributed by atoms with van der Waals surface area (Å²) >= 11 is 0. The van der Waals surface area contributed by atoms with Crippen molar-refractivity contribution in [1.82, 2.24) is 20.0 Å². The second-order valence-corrected chi connectivity index (χ2v) is 5.53. The van der Waals surface area contributed by atoms with Gasteiger partial charge < -0.3 is 5.32 Å². The molecule has 2 aromatic rings. The molecule has 0 spiro atoms. The minimum absolute atomic E-state index is 0.322. The number of rotatable bonds is 5. The Labute approximate surface area is 124 Å². The number of aryl methyl sites for hydroxylation is 3. The zero-order valence-electron chi connectivity index (χ0n) is 12.9. The lowest BCUT2D eigenvalue weighted by atomic mass is 10.1. The van der Waals surface area contributed by atoms with Crippen molar-refractivity contribution in [3.63, 3.8) is 0 Å². The van der Waals surface area contributed by atoms with E-state index >= 15 is 0 Å². The topological polar surface area (TPSA) is 87.6 Å². The van der Waals surface area contributed by atoms with E-state index in [2.05, 4.69) is 39.8 Å². The first-order chi connectivity index (χ1) is 9.95. The van der Waals surface area contributed by atoms with Gasteiger partial charge in [-0.1, -0.05) is 13.8 Å². The average Bonchev–Trinajstić information content (AvgIpc) is 2.98. The summed E-state index contributed by atoms with van der Waals surface area (Å²) in [6, 6.07) is 1.46. The Kier molecular flexibility index (Phi) is 4.62. The number of hydrogen-bond acceptors (Lipinski definition) is 3. The van der Waals surface area contributed by atoms with Crippen LogP contribution in [0, 0.1) is 19.8 Å². The fraction of sp³-hybridized carbons (Fsp3) is 0.500. The lowest BCUT2D eigenvalue weighted by molar-refractivity contribution is 0.262. The summed E-state index contributed by atoms with van der Waals surface area (Å²) in [7, 11) is 0. The third kappa shape index (κ3) is 4.08. The molecule has 7 heteroatoms. The molecular weight excluding hydrogens is 268 g/mol. The quantitative estimate of drug-likeness (QED) is 0.791. The second kappa shape index (κ2) is 6.43. The molecule has 0 aliphatic heterocycles. The van der Waals surface area contributed by atoms with Crippen LogP contribution < -0.4 is 10.6 Å². The van der Waals surface area contributed by atoms with Crippen molar-refractivity contribution in [3.05, 3.63) is 23.7 Å². The molecule has 3 N–H and O–H groups in total. The number of nitrogens with one attached hydrogen (secondary N) is 3. The predicted molar refractivity (Wildman–Crippen MR) is 82.4 cm³/mol. The minimum Gasteiger partial charge on any atom is -0.304 e. The van der Waals surface area contributed by atoms with Gasteiger partial charge in [0, 0.05) is 18.8 Å². The number of H-pyrrole nitrogens is 1. The highest BCUT2D eigenvalue weighted by Crippen LogP contribution is 2.16. The summed E-state index contributed by atoms with van der Waals surface area (Å²) < 4.78 is 1.84. The Hall–Kier alpha value is -2.31. The highest BCUT2D eigenvalue weighted by Gasteiger charge is 2.11. The Morgan fingerprint density at radius 1 is 1.38 bits per heavy atom. The molecule has 2 heterocycles. The number of anilines is 2. The average molecular weight is 290 g/mol. The van der Waals surface area contributed by atoms with Gasteiger partial charge in [0.05, 0.1) is 17.1 Å². The highest BCUT2D eigenvalue weighted by atomic mass is 16.2. The van der Waals surface area contributed by atoms with Crippen molar-refractivity contribution in [3.8, 4) is 0 Å². The molecule has 114 valence electrons. The van der Waals surface area contributed by atoms with Crippen LogP contribution in [0.25, 0.3) is 0 Å². The van der Waals surface area contributed by atoms with Gasteiger partial charge in [-0.15, -0.1) is 0 Å². The van der Waals surface area contributed by atoms with Gasteiger partial charge in [-0.25, -0.2) is 4.79 Å². The third-order valence-corrected chi connectivity index (χ3v) is 3.18. The molecule has 0 saturated carbocycles. The van der Waals surface area contributed by atoms with E-state index in [0.717, 1.165) is 24.4 Å². The molecular formula is C14H22N6O. The molecule has 2 aromatic heterocycles. The first-order valence-corrected chi connectivity index (χ1v) is 7.08. The maximum Gasteiger partial charge on any atom is 0.325 e. The third-order valence-electron chi connectivity index (χ3n) is 3.18. The predicted octanol–water partition coefficient (Wildman–Crippen LogP) is 2.91. The molecule has 0 radical (unpaired) electrons. The van der Waals surface area contributed by atoms with Crippen LogP contribution in [0.2, 0.25) is 0 Å². The Morgan fingerprint density at radius 3 is 2.76 bits per heavy atom. The molecule has 0 aliphatic rings. The van der Waals surface area contributed by atoms with Crippen LogP contribution in [-0.2, 0) is 6.54 Å². The number of urea groups is 1. The molecule has 0 fully saturated rings. The number of hydrogen-bond donors (Lipinski definition) is 3. The number of nitrogens with zero attached hydrogens (tertiary/aromatic N) is 3. The summed E-state index contributed by atoms with van der Waals surface area (Å²) in [6.07, 6.45) is 2.92. The second-order valence-electron chi connectivity index (χ2n) is 5.53. The molecule has 2 rings (SSSR count). The van der Waals surface area contributed by atoms with E-state index in [1.54, 1.807) is 6.07 Å². The SMILES string of the molecule is Cc1n[nH]c(C)c1NC(=O)Nc1ccn(CCC(C)C)n1. The minimum atomic E-state index is -0.322. The van der Waals surface area contributed by atoms with Gasteiger partial charge >= 0.3 is 6.03 Å². The number of carbonyl (C=O) groups excluding carboxylic acids is 1. The van der Waals surface area contributed by atoms with Gasteiger partial charge in [-0.05, 0) is 26.2 Å². The summed E-state index contributed by atoms with van der Waals surface area (Å²) in [6.45, 7) is 8.88. The van der Waals surface area contributed by atoms with Crippen molar-refractivity contribution in [1.29, 1.82) is 0 Å². The van der Waals surface area contributed by atoms with E-state index in [1.165, 1.54) is 0 Å². The van der Waals surface area contributed by atoms with Crippen LogP contribution >= 0.6 is 0 Å². The van der Waals surface area contributed by atoms with Crippen LogP contribution in [0.15, 0.2) is 12.3 Å². The standard InChI is InChI=1S/C14H22N6O/c1-9(2)5-7-20-8-6-12(19-20)15-14(21)16-13-10(3)17-18-11(13)4/h6,8-9H,5,7H2,1-4H3,(H,17,18)(H2,15,16,19,21). The smallest absolute Gasteiger partial charge is 0.304 e. The molecule has 21 heavy (non-hydrogen) atoms. The molecule has 0 atom stereocenters. The van der Waals surface area contributed by atoms with Crippen LogP contribution in [-0.4, -0.2) is 26.0 Å². The van der Waals surface area contributed by atoms with Crippen LogP contribution in [0.3, 0.4) is 0 Å². The number of amides is 2. The fourth-order valence-corrected chi connectivity index (χ4v) is 1.94. The zero-order valence-corrected chi connectivity index (χ0v) is 12.9. The first kappa shape index (κ1) is 15.1. The van der Waals surface area contributed by atoms with Gasteiger partial charge in [-0.3, -0.25) is 15.1 Å². The van der Waals surface area contributed by atoms with Crippen molar-refractivity contribution in [2.45, 2.75) is 40.7 Å². The first-order valence-electron chi connectivity index (χ1n) is 7.08. The van der Waals surface area contributed by atoms with Crippen LogP contribution in [0.5, 0.6) is 0 Å². The molecule has 0 aromatic carbocycles. The normalized spacial score (nSPS) is 10.9. The molecule has 0 unspecified atom stereocenters. The zero-order chi connectivity index (χ0) is 15.4. The Balaban J connectivity index is 1.91. The summed E-state index contributed by atoms with van der Waals surface area (Å²) in [5.74, 6) is 1.16. The lowest BCUT2D eigenvalue weighted by Crippen LogP contribution is -2.20. The van der Waals surface area contributed by atoms with Crippen molar-refractivity contribution in [2.24, 2.45) is 5.92 Å². The van der Waals surface area contributed by atoms with Crippen molar-refractivity contribution >= 4 is 17.5 Å². The van der Waals surface area contributed by atoms with Crippen LogP contribution in [0.4, 0.5) is 16.3 Å². The summed E-state index contributed by atoms with van der Waals surface area (Å²) in [4.78, 5) is 11.9. The van der Waals surface area contributed by atoms with Crippen LogP contribution in [0.1, 0.15) is 31.7 Å². The van der Waals surface area contributed by atoms with Gasteiger partial charge in [0.1, 0.15) is 0 Å². The summed E-state index contributed by atoms with van der Waals surface area (Å²) in [5, 5.41) is 16.7.